The van der Waals surface area contributed by atoms with Crippen LogP contribution in [0.1, 0.15) is 17.5 Å². The number of ether oxygens (including phenoxy) is 1. The van der Waals surface area contributed by atoms with Crippen molar-refractivity contribution in [3.63, 3.8) is 0 Å². The van der Waals surface area contributed by atoms with Gasteiger partial charge in [-0.15, -0.1) is 6.42 Å². The summed E-state index contributed by atoms with van der Waals surface area (Å²) in [6, 6.07) is 18.8. The molecule has 0 bridgehead atoms. The summed E-state index contributed by atoms with van der Waals surface area (Å²) < 4.78 is 5.59. The van der Waals surface area contributed by atoms with Crippen LogP contribution in [0.4, 0.5) is 5.69 Å². The molecule has 2 N–H and O–H groups in total. The van der Waals surface area contributed by atoms with Gasteiger partial charge in [0.2, 0.25) is 11.8 Å². The van der Waals surface area contributed by atoms with Gasteiger partial charge in [0.1, 0.15) is 18.8 Å². The highest BCUT2D eigenvalue weighted by Crippen LogP contribution is 2.26. The van der Waals surface area contributed by atoms with Crippen LogP contribution in [-0.2, 0) is 9.59 Å². The Kier molecular flexibility index (Phi) is 6.80. The normalized spacial score (nSPS) is 10.5. The van der Waals surface area contributed by atoms with Gasteiger partial charge in [-0.2, -0.15) is 5.10 Å². The molecule has 2 amide bonds. The first-order chi connectivity index (χ1) is 14.6. The second-order valence-corrected chi connectivity index (χ2v) is 6.58. The fourth-order valence-corrected chi connectivity index (χ4v) is 2.85. The standard InChI is InChI=1S/C24H21N3O3/c1-3-14-30-22-13-10-18-6-4-5-7-20(18)21(22)16-25-27-24(29)15-23(28)26-19-11-8-17(2)9-12-19/h1,4-13,16H,14-15H2,2H3,(H,26,28)(H,27,29). The van der Waals surface area contributed by atoms with E-state index in [2.05, 4.69) is 21.8 Å². The molecule has 3 rings (SSSR count). The third-order valence-corrected chi connectivity index (χ3v) is 4.28. The zero-order valence-corrected chi connectivity index (χ0v) is 16.5. The predicted molar refractivity (Wildman–Crippen MR) is 118 cm³/mol. The number of rotatable bonds is 7. The van der Waals surface area contributed by atoms with Gasteiger partial charge in [0.15, 0.2) is 0 Å². The topological polar surface area (TPSA) is 79.8 Å². The van der Waals surface area contributed by atoms with E-state index >= 15 is 0 Å². The van der Waals surface area contributed by atoms with Crippen LogP contribution >= 0.6 is 0 Å². The molecule has 0 atom stereocenters. The minimum absolute atomic E-state index is 0.116. The number of carbonyl (C=O) groups excluding carboxylic acids is 2. The summed E-state index contributed by atoms with van der Waals surface area (Å²) in [6.07, 6.45) is 6.43. The van der Waals surface area contributed by atoms with E-state index in [0.29, 0.717) is 17.0 Å². The lowest BCUT2D eigenvalue weighted by Gasteiger charge is -2.10. The molecule has 0 aliphatic heterocycles. The average Bonchev–Trinajstić information content (AvgIpc) is 2.74. The molecule has 0 heterocycles. The molecule has 3 aromatic rings. The van der Waals surface area contributed by atoms with Crippen molar-refractivity contribution in [2.45, 2.75) is 13.3 Å². The van der Waals surface area contributed by atoms with Crippen molar-refractivity contribution in [1.29, 1.82) is 0 Å². The number of fused-ring (bicyclic) bond motifs is 1. The van der Waals surface area contributed by atoms with Gasteiger partial charge in [-0.25, -0.2) is 5.43 Å². The lowest BCUT2D eigenvalue weighted by Crippen LogP contribution is -2.24. The Morgan fingerprint density at radius 2 is 1.83 bits per heavy atom. The third-order valence-electron chi connectivity index (χ3n) is 4.28. The summed E-state index contributed by atoms with van der Waals surface area (Å²) in [4.78, 5) is 24.1. The molecule has 150 valence electrons. The molecule has 0 unspecified atom stereocenters. The molecule has 0 saturated carbocycles. The molecule has 0 radical (unpaired) electrons. The lowest BCUT2D eigenvalue weighted by atomic mass is 10.0. The Balaban J connectivity index is 1.66. The molecule has 6 heteroatoms. The number of hydrogen-bond donors (Lipinski definition) is 2. The SMILES string of the molecule is C#CCOc1ccc2ccccc2c1C=NNC(=O)CC(=O)Nc1ccc(C)cc1. The van der Waals surface area contributed by atoms with Crippen molar-refractivity contribution in [2.75, 3.05) is 11.9 Å². The Hall–Kier alpha value is -4.11. The number of hydrazone groups is 1. The molecule has 0 spiro atoms. The van der Waals surface area contributed by atoms with E-state index in [0.717, 1.165) is 16.3 Å². The molecule has 0 fully saturated rings. The van der Waals surface area contributed by atoms with Crippen LogP contribution < -0.4 is 15.5 Å². The number of carbonyl (C=O) groups is 2. The Labute approximate surface area is 174 Å². The van der Waals surface area contributed by atoms with E-state index in [9.17, 15) is 9.59 Å². The van der Waals surface area contributed by atoms with Crippen molar-refractivity contribution >= 4 is 34.5 Å². The molecule has 0 aliphatic carbocycles. The van der Waals surface area contributed by atoms with Crippen LogP contribution in [0.2, 0.25) is 0 Å². The van der Waals surface area contributed by atoms with Crippen molar-refractivity contribution in [1.82, 2.24) is 5.43 Å². The summed E-state index contributed by atoms with van der Waals surface area (Å²) in [5, 5.41) is 8.57. The number of amides is 2. The fraction of sp³-hybridized carbons (Fsp3) is 0.125. The van der Waals surface area contributed by atoms with Crippen LogP contribution in [0.3, 0.4) is 0 Å². The first-order valence-corrected chi connectivity index (χ1v) is 9.33. The summed E-state index contributed by atoms with van der Waals surface area (Å²) >= 11 is 0. The molecule has 6 nitrogen and oxygen atoms in total. The first-order valence-electron chi connectivity index (χ1n) is 9.33. The van der Waals surface area contributed by atoms with E-state index in [-0.39, 0.29) is 13.0 Å². The van der Waals surface area contributed by atoms with Crippen molar-refractivity contribution in [2.24, 2.45) is 5.10 Å². The second kappa shape index (κ2) is 9.89. The van der Waals surface area contributed by atoms with Crippen molar-refractivity contribution in [3.8, 4) is 18.1 Å². The number of anilines is 1. The first kappa shape index (κ1) is 20.6. The summed E-state index contributed by atoms with van der Waals surface area (Å²) in [6.45, 7) is 2.07. The molecule has 3 aromatic carbocycles. The van der Waals surface area contributed by atoms with Crippen molar-refractivity contribution in [3.05, 3.63) is 71.8 Å². The molecule has 0 aromatic heterocycles. The lowest BCUT2D eigenvalue weighted by molar-refractivity contribution is -0.126. The number of aryl methyl sites for hydroxylation is 1. The maximum atomic E-state index is 12.1. The molecular formula is C24H21N3O3. The van der Waals surface area contributed by atoms with Crippen molar-refractivity contribution < 1.29 is 14.3 Å². The Morgan fingerprint density at radius 1 is 1.07 bits per heavy atom. The van der Waals surface area contributed by atoms with Gasteiger partial charge in [0.05, 0.1) is 6.21 Å². The summed E-state index contributed by atoms with van der Waals surface area (Å²) in [5.41, 5.74) is 4.78. The molecule has 0 saturated heterocycles. The minimum Gasteiger partial charge on any atom is -0.480 e. The Morgan fingerprint density at radius 3 is 2.60 bits per heavy atom. The minimum atomic E-state index is -0.526. The van der Waals surface area contributed by atoms with E-state index in [1.807, 2.05) is 49.4 Å². The Bertz CT molecular complexity index is 1130. The highest BCUT2D eigenvalue weighted by Gasteiger charge is 2.10. The van der Waals surface area contributed by atoms with Gasteiger partial charge >= 0.3 is 0 Å². The molecule has 30 heavy (non-hydrogen) atoms. The third kappa shape index (κ3) is 5.46. The quantitative estimate of drug-likeness (QED) is 0.276. The summed E-state index contributed by atoms with van der Waals surface area (Å²) in [7, 11) is 0. The highest BCUT2D eigenvalue weighted by atomic mass is 16.5. The number of terminal acetylenes is 1. The monoisotopic (exact) mass is 399 g/mol. The largest absolute Gasteiger partial charge is 0.480 e. The van der Waals surface area contributed by atoms with E-state index in [1.165, 1.54) is 6.21 Å². The van der Waals surface area contributed by atoms with Crippen LogP contribution in [0.25, 0.3) is 10.8 Å². The van der Waals surface area contributed by atoms with Gasteiger partial charge in [0, 0.05) is 11.3 Å². The van der Waals surface area contributed by atoms with E-state index in [4.69, 9.17) is 11.2 Å². The van der Waals surface area contributed by atoms with E-state index in [1.54, 1.807) is 18.2 Å². The van der Waals surface area contributed by atoms with Gasteiger partial charge in [-0.3, -0.25) is 9.59 Å². The zero-order chi connectivity index (χ0) is 21.3. The van der Waals surface area contributed by atoms with Gasteiger partial charge in [0.25, 0.3) is 0 Å². The maximum Gasteiger partial charge on any atom is 0.249 e. The van der Waals surface area contributed by atoms with Crippen LogP contribution in [0.15, 0.2) is 65.8 Å². The fourth-order valence-electron chi connectivity index (χ4n) is 2.85. The van der Waals surface area contributed by atoms with Gasteiger partial charge in [-0.1, -0.05) is 53.9 Å². The second-order valence-electron chi connectivity index (χ2n) is 6.58. The highest BCUT2D eigenvalue weighted by molar-refractivity contribution is 6.05. The van der Waals surface area contributed by atoms with Crippen LogP contribution in [0, 0.1) is 19.3 Å². The number of benzene rings is 3. The predicted octanol–water partition coefficient (Wildman–Crippen LogP) is 3.64. The zero-order valence-electron chi connectivity index (χ0n) is 16.5. The van der Waals surface area contributed by atoms with E-state index < -0.39 is 11.8 Å². The van der Waals surface area contributed by atoms with Crippen LogP contribution in [0.5, 0.6) is 5.75 Å². The smallest absolute Gasteiger partial charge is 0.249 e. The summed E-state index contributed by atoms with van der Waals surface area (Å²) in [5.74, 6) is 2.04. The van der Waals surface area contributed by atoms with Gasteiger partial charge < -0.3 is 10.1 Å². The van der Waals surface area contributed by atoms with Crippen LogP contribution in [-0.4, -0.2) is 24.6 Å². The van der Waals surface area contributed by atoms with Gasteiger partial charge in [-0.05, 0) is 35.9 Å². The number of nitrogens with zero attached hydrogens (tertiary/aromatic N) is 1. The maximum absolute atomic E-state index is 12.1. The number of hydrogen-bond acceptors (Lipinski definition) is 4. The molecular weight excluding hydrogens is 378 g/mol. The average molecular weight is 399 g/mol. The number of nitrogens with one attached hydrogen (secondary N) is 2. The molecule has 0 aliphatic rings.